The van der Waals surface area contributed by atoms with E-state index in [1.807, 2.05) is 37.3 Å². The van der Waals surface area contributed by atoms with Gasteiger partial charge < -0.3 is 25.2 Å². The Morgan fingerprint density at radius 1 is 0.964 bits per heavy atom. The van der Waals surface area contributed by atoms with E-state index < -0.39 is 37.1 Å². The van der Waals surface area contributed by atoms with Gasteiger partial charge in [-0.05, 0) is 41.1 Å². The van der Waals surface area contributed by atoms with Crippen molar-refractivity contribution in [2.45, 2.75) is 43.9 Å². The van der Waals surface area contributed by atoms with E-state index in [1.165, 1.54) is 15.0 Å². The van der Waals surface area contributed by atoms with Crippen LogP contribution in [0.25, 0.3) is 10.1 Å². The van der Waals surface area contributed by atoms with Crippen molar-refractivity contribution in [2.75, 3.05) is 6.61 Å². The summed E-state index contributed by atoms with van der Waals surface area (Å²) in [5, 5.41) is 41.3. The fourth-order valence-electron chi connectivity index (χ4n) is 3.79. The van der Waals surface area contributed by atoms with Gasteiger partial charge in [0.2, 0.25) is 0 Å². The fraction of sp³-hybridized carbons (Fsp3) is 0.364. The van der Waals surface area contributed by atoms with Crippen LogP contribution in [0.3, 0.4) is 0 Å². The number of aliphatic hydroxyl groups excluding tert-OH is 4. The molecule has 28 heavy (non-hydrogen) atoms. The molecular formula is C22H24O5S. The van der Waals surface area contributed by atoms with E-state index in [0.29, 0.717) is 0 Å². The van der Waals surface area contributed by atoms with Crippen LogP contribution in [0.1, 0.15) is 27.7 Å². The van der Waals surface area contributed by atoms with Gasteiger partial charge in [-0.1, -0.05) is 36.4 Å². The van der Waals surface area contributed by atoms with Gasteiger partial charge in [0, 0.05) is 16.0 Å². The number of aliphatic hydroxyl groups is 4. The van der Waals surface area contributed by atoms with Crippen molar-refractivity contribution in [3.05, 3.63) is 70.1 Å². The Morgan fingerprint density at radius 2 is 1.75 bits per heavy atom. The van der Waals surface area contributed by atoms with Crippen LogP contribution < -0.4 is 0 Å². The first-order valence-electron chi connectivity index (χ1n) is 9.35. The van der Waals surface area contributed by atoms with Crippen molar-refractivity contribution in [3.63, 3.8) is 0 Å². The average molecular weight is 400 g/mol. The molecule has 3 unspecified atom stereocenters. The molecule has 0 radical (unpaired) electrons. The lowest BCUT2D eigenvalue weighted by molar-refractivity contribution is -0.231. The molecule has 4 N–H and O–H groups in total. The molecule has 0 saturated carbocycles. The van der Waals surface area contributed by atoms with Crippen LogP contribution in [-0.4, -0.2) is 51.4 Å². The minimum absolute atomic E-state index is 0.429. The van der Waals surface area contributed by atoms with Gasteiger partial charge in [0.1, 0.15) is 30.5 Å². The van der Waals surface area contributed by atoms with E-state index in [0.717, 1.165) is 23.1 Å². The zero-order valence-electron chi connectivity index (χ0n) is 15.5. The second-order valence-electron chi connectivity index (χ2n) is 7.37. The molecule has 0 aliphatic carbocycles. The summed E-state index contributed by atoms with van der Waals surface area (Å²) >= 11 is 1.76. The standard InChI is InChI=1S/C22H24O5S/c1-12-6-7-13(8-15-10-14-4-2-3-5-18(14)28-15)9-16(12)22-21(26)20(25)19(24)17(11-23)27-22/h2-7,9-10,17,19-26H,8,11H2,1H3/t17?,19-,20?,21-,22?/m1/s1. The molecular weight excluding hydrogens is 376 g/mol. The summed E-state index contributed by atoms with van der Waals surface area (Å²) in [4.78, 5) is 1.24. The van der Waals surface area contributed by atoms with Crippen molar-refractivity contribution >= 4 is 21.4 Å². The Labute approximate surface area is 167 Å². The second-order valence-corrected chi connectivity index (χ2v) is 8.54. The number of thiophene rings is 1. The second kappa shape index (κ2) is 7.91. The predicted molar refractivity (Wildman–Crippen MR) is 109 cm³/mol. The molecule has 1 aliphatic heterocycles. The van der Waals surface area contributed by atoms with E-state index in [4.69, 9.17) is 4.74 Å². The molecule has 2 aromatic carbocycles. The first-order valence-corrected chi connectivity index (χ1v) is 10.2. The molecule has 148 valence electrons. The van der Waals surface area contributed by atoms with E-state index in [1.54, 1.807) is 11.3 Å². The lowest BCUT2D eigenvalue weighted by atomic mass is 9.88. The summed E-state index contributed by atoms with van der Waals surface area (Å²) in [6.07, 6.45) is -4.95. The molecule has 4 rings (SSSR count). The molecule has 1 aromatic heterocycles. The van der Waals surface area contributed by atoms with E-state index in [2.05, 4.69) is 18.2 Å². The maximum Gasteiger partial charge on any atom is 0.113 e. The van der Waals surface area contributed by atoms with Crippen molar-refractivity contribution in [1.29, 1.82) is 0 Å². The summed E-state index contributed by atoms with van der Waals surface area (Å²) in [5.74, 6) is 0. The number of aryl methyl sites for hydroxylation is 1. The van der Waals surface area contributed by atoms with E-state index in [-0.39, 0.29) is 0 Å². The van der Waals surface area contributed by atoms with Gasteiger partial charge in [0.25, 0.3) is 0 Å². The molecule has 1 aliphatic rings. The fourth-order valence-corrected chi connectivity index (χ4v) is 4.89. The lowest BCUT2D eigenvalue weighted by Gasteiger charge is -2.40. The van der Waals surface area contributed by atoms with E-state index in [9.17, 15) is 20.4 Å². The first-order chi connectivity index (χ1) is 13.5. The van der Waals surface area contributed by atoms with Crippen LogP contribution in [0.2, 0.25) is 0 Å². The monoisotopic (exact) mass is 400 g/mol. The van der Waals surface area contributed by atoms with Gasteiger partial charge in [-0.15, -0.1) is 11.3 Å². The van der Waals surface area contributed by atoms with Gasteiger partial charge >= 0.3 is 0 Å². The van der Waals surface area contributed by atoms with Gasteiger partial charge in [-0.25, -0.2) is 0 Å². The molecule has 5 nitrogen and oxygen atoms in total. The predicted octanol–water partition coefficient (Wildman–Crippen LogP) is 2.32. The zero-order valence-corrected chi connectivity index (χ0v) is 16.3. The maximum atomic E-state index is 10.5. The summed E-state index contributed by atoms with van der Waals surface area (Å²) < 4.78 is 6.99. The van der Waals surface area contributed by atoms with Gasteiger partial charge in [-0.3, -0.25) is 0 Å². The van der Waals surface area contributed by atoms with Crippen LogP contribution in [-0.2, 0) is 11.2 Å². The molecule has 3 aromatic rings. The molecule has 6 heteroatoms. The maximum absolute atomic E-state index is 10.5. The third-order valence-corrected chi connectivity index (χ3v) is 6.51. The summed E-state index contributed by atoms with van der Waals surface area (Å²) in [5.41, 5.74) is 2.75. The largest absolute Gasteiger partial charge is 0.394 e. The summed E-state index contributed by atoms with van der Waals surface area (Å²) in [6, 6.07) is 16.5. The van der Waals surface area contributed by atoms with Gasteiger partial charge in [0.05, 0.1) is 6.61 Å². The van der Waals surface area contributed by atoms with Crippen LogP contribution in [0.4, 0.5) is 0 Å². The quantitative estimate of drug-likeness (QED) is 0.540. The highest BCUT2D eigenvalue weighted by Gasteiger charge is 2.44. The Kier molecular flexibility index (Phi) is 5.51. The molecule has 0 bridgehead atoms. The van der Waals surface area contributed by atoms with Gasteiger partial charge in [-0.2, -0.15) is 0 Å². The minimum atomic E-state index is -1.37. The smallest absolute Gasteiger partial charge is 0.113 e. The van der Waals surface area contributed by atoms with Crippen LogP contribution >= 0.6 is 11.3 Å². The summed E-state index contributed by atoms with van der Waals surface area (Å²) in [7, 11) is 0. The normalized spacial score (nSPS) is 28.0. The first kappa shape index (κ1) is 19.5. The third kappa shape index (κ3) is 3.59. The molecule has 0 spiro atoms. The number of benzene rings is 2. The molecule has 1 fully saturated rings. The lowest BCUT2D eigenvalue weighted by Crippen LogP contribution is -2.55. The topological polar surface area (TPSA) is 90.2 Å². The number of hydrogen-bond acceptors (Lipinski definition) is 6. The molecule has 1 saturated heterocycles. The van der Waals surface area contributed by atoms with Crippen molar-refractivity contribution in [2.24, 2.45) is 0 Å². The Bertz CT molecular complexity index is 933. The van der Waals surface area contributed by atoms with E-state index >= 15 is 0 Å². The van der Waals surface area contributed by atoms with Crippen LogP contribution in [0, 0.1) is 6.92 Å². The Balaban J connectivity index is 1.63. The van der Waals surface area contributed by atoms with Gasteiger partial charge in [0.15, 0.2) is 0 Å². The number of rotatable bonds is 4. The number of hydrogen-bond donors (Lipinski definition) is 4. The SMILES string of the molecule is Cc1ccc(Cc2cc3ccccc3s2)cc1C1OC(CO)[C@@H](O)C(O)[C@H]1O. The molecule has 2 heterocycles. The van der Waals surface area contributed by atoms with Crippen molar-refractivity contribution < 1.29 is 25.2 Å². The number of ether oxygens (including phenoxy) is 1. The Hall–Kier alpha value is -1.80. The zero-order chi connectivity index (χ0) is 19.8. The molecule has 0 amide bonds. The van der Waals surface area contributed by atoms with Crippen molar-refractivity contribution in [1.82, 2.24) is 0 Å². The van der Waals surface area contributed by atoms with Crippen LogP contribution in [0.5, 0.6) is 0 Å². The Morgan fingerprint density at radius 3 is 2.50 bits per heavy atom. The minimum Gasteiger partial charge on any atom is -0.394 e. The third-order valence-electron chi connectivity index (χ3n) is 5.40. The van der Waals surface area contributed by atoms with Crippen LogP contribution in [0.15, 0.2) is 48.5 Å². The molecule has 5 atom stereocenters. The highest BCUT2D eigenvalue weighted by atomic mass is 32.1. The average Bonchev–Trinajstić information content (AvgIpc) is 3.10. The number of fused-ring (bicyclic) bond motifs is 1. The highest BCUT2D eigenvalue weighted by molar-refractivity contribution is 7.19. The van der Waals surface area contributed by atoms with Crippen molar-refractivity contribution in [3.8, 4) is 0 Å². The summed E-state index contributed by atoms with van der Waals surface area (Å²) in [6.45, 7) is 1.49. The highest BCUT2D eigenvalue weighted by Crippen LogP contribution is 2.35.